The van der Waals surface area contributed by atoms with Crippen LogP contribution in [-0.4, -0.2) is 23.7 Å². The lowest BCUT2D eigenvalue weighted by Gasteiger charge is -2.31. The number of hydrogen-bond acceptors (Lipinski definition) is 3. The fourth-order valence-electron chi connectivity index (χ4n) is 2.58. The molecule has 1 atom stereocenters. The van der Waals surface area contributed by atoms with Crippen LogP contribution >= 0.6 is 0 Å². The molecule has 0 fully saturated rings. The molecule has 1 N–H and O–H groups in total. The van der Waals surface area contributed by atoms with E-state index >= 15 is 0 Å². The third-order valence-corrected chi connectivity index (χ3v) is 3.88. The average Bonchev–Trinajstić information content (AvgIpc) is 2.42. The van der Waals surface area contributed by atoms with E-state index in [9.17, 15) is 14.7 Å². The first kappa shape index (κ1) is 19.7. The van der Waals surface area contributed by atoms with Gasteiger partial charge < -0.3 is 9.84 Å². The number of carboxylic acids is 1. The van der Waals surface area contributed by atoms with E-state index < -0.39 is 17.4 Å². The molecular formula is C17H30O4. The van der Waals surface area contributed by atoms with Gasteiger partial charge in [-0.05, 0) is 33.1 Å². The van der Waals surface area contributed by atoms with Crippen LogP contribution in [0, 0.1) is 5.41 Å². The normalized spacial score (nSPS) is 13.4. The molecule has 0 saturated carbocycles. The maximum Gasteiger partial charge on any atom is 0.335 e. The van der Waals surface area contributed by atoms with Crippen LogP contribution in [0.15, 0.2) is 11.1 Å². The largest absolute Gasteiger partial charge is 0.481 e. The maximum absolute atomic E-state index is 12.4. The van der Waals surface area contributed by atoms with Gasteiger partial charge in [0.15, 0.2) is 0 Å². The molecule has 4 heteroatoms. The summed E-state index contributed by atoms with van der Waals surface area (Å²) in [7, 11) is 0. The predicted molar refractivity (Wildman–Crippen MR) is 84.1 cm³/mol. The minimum atomic E-state index is -1.13. The van der Waals surface area contributed by atoms with Crippen molar-refractivity contribution in [1.82, 2.24) is 0 Å². The molecule has 0 amide bonds. The minimum Gasteiger partial charge on any atom is -0.481 e. The van der Waals surface area contributed by atoms with E-state index in [1.165, 1.54) is 0 Å². The lowest BCUT2D eigenvalue weighted by molar-refractivity contribution is -0.152. The van der Waals surface area contributed by atoms with Crippen LogP contribution in [0.2, 0.25) is 0 Å². The summed E-state index contributed by atoms with van der Waals surface area (Å²) in [5.74, 6) is -1.40. The molecule has 0 saturated heterocycles. The number of unbranched alkanes of at least 4 members (excludes halogenated alkanes) is 2. The highest BCUT2D eigenvalue weighted by molar-refractivity contribution is 5.98. The van der Waals surface area contributed by atoms with E-state index in [1.807, 2.05) is 20.8 Å². The molecule has 0 aliphatic carbocycles. The predicted octanol–water partition coefficient (Wildman–Crippen LogP) is 4.34. The van der Waals surface area contributed by atoms with Gasteiger partial charge >= 0.3 is 11.9 Å². The van der Waals surface area contributed by atoms with Crippen molar-refractivity contribution in [1.29, 1.82) is 0 Å². The Bertz CT molecular complexity index is 380. The van der Waals surface area contributed by atoms with Crippen LogP contribution in [0.1, 0.15) is 73.1 Å². The second kappa shape index (κ2) is 9.59. The Morgan fingerprint density at radius 2 is 1.62 bits per heavy atom. The number of carboxylic acid groups (broad SMARTS) is 1. The molecule has 0 rings (SSSR count). The molecule has 1 unspecified atom stereocenters. The zero-order chi connectivity index (χ0) is 16.5. The van der Waals surface area contributed by atoms with E-state index in [0.29, 0.717) is 25.0 Å². The van der Waals surface area contributed by atoms with Crippen molar-refractivity contribution >= 4 is 11.9 Å². The molecule has 0 radical (unpaired) electrons. The van der Waals surface area contributed by atoms with Crippen molar-refractivity contribution in [3.8, 4) is 0 Å². The number of esters is 1. The van der Waals surface area contributed by atoms with Crippen molar-refractivity contribution in [2.24, 2.45) is 5.41 Å². The molecule has 0 spiro atoms. The summed E-state index contributed by atoms with van der Waals surface area (Å²) in [6, 6.07) is 0. The Morgan fingerprint density at radius 1 is 1.05 bits per heavy atom. The lowest BCUT2D eigenvalue weighted by Crippen LogP contribution is -2.37. The van der Waals surface area contributed by atoms with E-state index in [0.717, 1.165) is 31.3 Å². The molecule has 0 heterocycles. The smallest absolute Gasteiger partial charge is 0.335 e. The summed E-state index contributed by atoms with van der Waals surface area (Å²) in [5, 5.41) is 9.75. The fraction of sp³-hybridized carbons (Fsp3) is 0.765. The van der Waals surface area contributed by atoms with Crippen molar-refractivity contribution in [3.63, 3.8) is 0 Å². The summed E-state index contributed by atoms with van der Waals surface area (Å²) in [5.41, 5.74) is -0.0584. The minimum absolute atomic E-state index is 0.335. The van der Waals surface area contributed by atoms with Gasteiger partial charge in [0, 0.05) is 0 Å². The van der Waals surface area contributed by atoms with Gasteiger partial charge in [0.05, 0.1) is 17.6 Å². The summed E-state index contributed by atoms with van der Waals surface area (Å²) < 4.78 is 5.28. The van der Waals surface area contributed by atoms with Crippen LogP contribution in [0.3, 0.4) is 0 Å². The molecule has 4 nitrogen and oxygen atoms in total. The van der Waals surface area contributed by atoms with E-state index in [4.69, 9.17) is 4.74 Å². The van der Waals surface area contributed by atoms with Crippen molar-refractivity contribution in [2.45, 2.75) is 73.1 Å². The van der Waals surface area contributed by atoms with Gasteiger partial charge in [-0.3, -0.25) is 4.79 Å². The summed E-state index contributed by atoms with van der Waals surface area (Å²) >= 11 is 0. The van der Waals surface area contributed by atoms with Crippen molar-refractivity contribution < 1.29 is 19.4 Å². The Balaban J connectivity index is 5.50. The van der Waals surface area contributed by atoms with Crippen LogP contribution in [0.5, 0.6) is 0 Å². The number of carbonyl (C=O) groups is 2. The highest BCUT2D eigenvalue weighted by Gasteiger charge is 2.44. The third-order valence-electron chi connectivity index (χ3n) is 3.88. The first-order valence-electron chi connectivity index (χ1n) is 7.95. The van der Waals surface area contributed by atoms with Crippen LogP contribution in [0.4, 0.5) is 0 Å². The van der Waals surface area contributed by atoms with Crippen LogP contribution in [0.25, 0.3) is 0 Å². The number of allylic oxidation sites excluding steroid dienone is 1. The molecule has 21 heavy (non-hydrogen) atoms. The van der Waals surface area contributed by atoms with E-state index in [1.54, 1.807) is 13.8 Å². The standard InChI is InChI=1S/C17H30O4/c1-6-9-11-17(8-3,16(19)20)14(13(4)5)15(18)21-12-10-7-2/h6-12H2,1-5H3,(H,19,20). The van der Waals surface area contributed by atoms with Crippen LogP contribution in [-0.2, 0) is 14.3 Å². The van der Waals surface area contributed by atoms with E-state index in [-0.39, 0.29) is 0 Å². The first-order chi connectivity index (χ1) is 9.87. The molecule has 0 aromatic carbocycles. The van der Waals surface area contributed by atoms with E-state index in [2.05, 4.69) is 0 Å². The highest BCUT2D eigenvalue weighted by Crippen LogP contribution is 2.39. The zero-order valence-corrected chi connectivity index (χ0v) is 14.1. The van der Waals surface area contributed by atoms with Gasteiger partial charge in [-0.15, -0.1) is 0 Å². The molecule has 122 valence electrons. The molecule has 0 aliphatic heterocycles. The fourth-order valence-corrected chi connectivity index (χ4v) is 2.58. The van der Waals surface area contributed by atoms with Gasteiger partial charge in [0.2, 0.25) is 0 Å². The second-order valence-corrected chi connectivity index (χ2v) is 5.71. The summed E-state index contributed by atoms with van der Waals surface area (Å²) in [6.45, 7) is 9.78. The van der Waals surface area contributed by atoms with Crippen molar-refractivity contribution in [2.75, 3.05) is 6.61 Å². The molecule has 0 aliphatic rings. The Kier molecular flexibility index (Phi) is 8.98. The Morgan fingerprint density at radius 3 is 2.00 bits per heavy atom. The van der Waals surface area contributed by atoms with Gasteiger partial charge in [-0.25, -0.2) is 4.79 Å². The topological polar surface area (TPSA) is 63.6 Å². The van der Waals surface area contributed by atoms with Gasteiger partial charge in [0.1, 0.15) is 0 Å². The first-order valence-corrected chi connectivity index (χ1v) is 7.95. The second-order valence-electron chi connectivity index (χ2n) is 5.71. The molecule has 0 aromatic rings. The number of rotatable bonds is 10. The third kappa shape index (κ3) is 5.18. The van der Waals surface area contributed by atoms with Crippen molar-refractivity contribution in [3.05, 3.63) is 11.1 Å². The van der Waals surface area contributed by atoms with Crippen LogP contribution < -0.4 is 0 Å². The number of ether oxygens (including phenoxy) is 1. The summed E-state index contributed by atoms with van der Waals surface area (Å²) in [6.07, 6.45) is 4.27. The number of aliphatic carboxylic acids is 1. The van der Waals surface area contributed by atoms with Gasteiger partial charge in [0.25, 0.3) is 0 Å². The highest BCUT2D eigenvalue weighted by atomic mass is 16.5. The lowest BCUT2D eigenvalue weighted by atomic mass is 9.72. The molecule has 0 aromatic heterocycles. The van der Waals surface area contributed by atoms with Gasteiger partial charge in [-0.1, -0.05) is 45.6 Å². The maximum atomic E-state index is 12.4. The number of carbonyl (C=O) groups excluding carboxylic acids is 1. The zero-order valence-electron chi connectivity index (χ0n) is 14.1. The monoisotopic (exact) mass is 298 g/mol. The Hall–Kier alpha value is -1.32. The van der Waals surface area contributed by atoms with Gasteiger partial charge in [-0.2, -0.15) is 0 Å². The Labute approximate surface area is 128 Å². The quantitative estimate of drug-likeness (QED) is 0.370. The molecule has 0 bridgehead atoms. The molecular weight excluding hydrogens is 268 g/mol. The average molecular weight is 298 g/mol. The summed E-state index contributed by atoms with van der Waals surface area (Å²) in [4.78, 5) is 24.3. The number of hydrogen-bond donors (Lipinski definition) is 1. The SMILES string of the molecule is CCCCOC(=O)C(=C(C)C)C(CC)(CCCC)C(=O)O.